The fourth-order valence-corrected chi connectivity index (χ4v) is 3.21. The third-order valence-corrected chi connectivity index (χ3v) is 4.72. The van der Waals surface area contributed by atoms with Gasteiger partial charge in [-0.05, 0) is 62.0 Å². The fourth-order valence-electron chi connectivity index (χ4n) is 3.21. The lowest BCUT2D eigenvalue weighted by Gasteiger charge is -2.23. The Morgan fingerprint density at radius 3 is 2.11 bits per heavy atom. The van der Waals surface area contributed by atoms with E-state index in [1.54, 1.807) is 0 Å². The number of aryl methyl sites for hydroxylation is 1. The van der Waals surface area contributed by atoms with E-state index < -0.39 is 0 Å². The SMILES string of the molecule is CCCc1ccc(C(C)NC(C2CC2)C2CC2)cc1. The standard InChI is InChI=1S/C18H27N/c1-3-4-14-5-7-15(8-6-14)13(2)19-18(16-9-10-16)17-11-12-17/h5-8,13,16-19H,3-4,9-12H2,1-2H3. The summed E-state index contributed by atoms with van der Waals surface area (Å²) in [7, 11) is 0. The minimum Gasteiger partial charge on any atom is -0.307 e. The van der Waals surface area contributed by atoms with Gasteiger partial charge in [0.05, 0.1) is 0 Å². The van der Waals surface area contributed by atoms with Gasteiger partial charge in [0.1, 0.15) is 0 Å². The van der Waals surface area contributed by atoms with Crippen molar-refractivity contribution in [2.24, 2.45) is 11.8 Å². The Morgan fingerprint density at radius 1 is 1.05 bits per heavy atom. The molecule has 1 nitrogen and oxygen atoms in total. The Hall–Kier alpha value is -0.820. The predicted molar refractivity (Wildman–Crippen MR) is 81.2 cm³/mol. The van der Waals surface area contributed by atoms with Crippen molar-refractivity contribution in [3.63, 3.8) is 0 Å². The van der Waals surface area contributed by atoms with E-state index >= 15 is 0 Å². The number of nitrogens with one attached hydrogen (secondary N) is 1. The molecule has 1 unspecified atom stereocenters. The summed E-state index contributed by atoms with van der Waals surface area (Å²) >= 11 is 0. The van der Waals surface area contributed by atoms with Crippen molar-refractivity contribution >= 4 is 0 Å². The molecule has 0 bridgehead atoms. The van der Waals surface area contributed by atoms with Crippen LogP contribution in [-0.4, -0.2) is 6.04 Å². The van der Waals surface area contributed by atoms with Crippen LogP contribution in [0.4, 0.5) is 0 Å². The van der Waals surface area contributed by atoms with Gasteiger partial charge in [0, 0.05) is 12.1 Å². The molecule has 0 aromatic heterocycles. The van der Waals surface area contributed by atoms with Gasteiger partial charge in [-0.3, -0.25) is 0 Å². The summed E-state index contributed by atoms with van der Waals surface area (Å²) in [4.78, 5) is 0. The molecule has 0 spiro atoms. The van der Waals surface area contributed by atoms with Gasteiger partial charge in [0.2, 0.25) is 0 Å². The molecule has 104 valence electrons. The van der Waals surface area contributed by atoms with Crippen molar-refractivity contribution in [1.82, 2.24) is 5.32 Å². The lowest BCUT2D eigenvalue weighted by atomic mass is 10.0. The zero-order valence-electron chi connectivity index (χ0n) is 12.4. The van der Waals surface area contributed by atoms with E-state index in [0.29, 0.717) is 6.04 Å². The molecule has 1 atom stereocenters. The van der Waals surface area contributed by atoms with Gasteiger partial charge in [0.25, 0.3) is 0 Å². The quantitative estimate of drug-likeness (QED) is 0.759. The molecule has 3 rings (SSSR count). The summed E-state index contributed by atoms with van der Waals surface area (Å²) in [6.45, 7) is 4.57. The van der Waals surface area contributed by atoms with Crippen LogP contribution in [0, 0.1) is 11.8 Å². The topological polar surface area (TPSA) is 12.0 Å². The van der Waals surface area contributed by atoms with Crippen LogP contribution in [0.15, 0.2) is 24.3 Å². The number of rotatable bonds is 7. The minimum atomic E-state index is 0.502. The smallest absolute Gasteiger partial charge is 0.0294 e. The Labute approximate surface area is 117 Å². The van der Waals surface area contributed by atoms with Crippen LogP contribution in [-0.2, 0) is 6.42 Å². The Morgan fingerprint density at radius 2 is 1.63 bits per heavy atom. The normalized spacial score (nSPS) is 20.8. The third kappa shape index (κ3) is 3.39. The lowest BCUT2D eigenvalue weighted by molar-refractivity contribution is 0.377. The molecule has 1 aromatic carbocycles. The van der Waals surface area contributed by atoms with E-state index in [-0.39, 0.29) is 0 Å². The second kappa shape index (κ2) is 5.66. The van der Waals surface area contributed by atoms with Gasteiger partial charge in [-0.15, -0.1) is 0 Å². The Kier molecular flexibility index (Phi) is 3.93. The monoisotopic (exact) mass is 257 g/mol. The van der Waals surface area contributed by atoms with Crippen LogP contribution >= 0.6 is 0 Å². The third-order valence-electron chi connectivity index (χ3n) is 4.72. The van der Waals surface area contributed by atoms with Crippen molar-refractivity contribution in [2.75, 3.05) is 0 Å². The average Bonchev–Trinajstić information content (AvgIpc) is 3.30. The van der Waals surface area contributed by atoms with Crippen LogP contribution in [0.2, 0.25) is 0 Å². The zero-order chi connectivity index (χ0) is 13.2. The summed E-state index contributed by atoms with van der Waals surface area (Å²) in [5.74, 6) is 1.96. The maximum Gasteiger partial charge on any atom is 0.0294 e. The second-order valence-corrected chi connectivity index (χ2v) is 6.58. The highest BCUT2D eigenvalue weighted by Crippen LogP contribution is 2.45. The molecule has 1 heteroatoms. The minimum absolute atomic E-state index is 0.502. The van der Waals surface area contributed by atoms with E-state index in [1.807, 2.05) is 0 Å². The van der Waals surface area contributed by atoms with Crippen LogP contribution in [0.5, 0.6) is 0 Å². The van der Waals surface area contributed by atoms with Crippen LogP contribution < -0.4 is 5.32 Å². The van der Waals surface area contributed by atoms with E-state index in [4.69, 9.17) is 0 Å². The Balaban J connectivity index is 1.60. The van der Waals surface area contributed by atoms with Gasteiger partial charge >= 0.3 is 0 Å². The summed E-state index contributed by atoms with van der Waals surface area (Å²) in [6.07, 6.45) is 8.26. The molecular formula is C18H27N. The highest BCUT2D eigenvalue weighted by Gasteiger charge is 2.41. The van der Waals surface area contributed by atoms with Crippen molar-refractivity contribution in [1.29, 1.82) is 0 Å². The molecule has 2 aliphatic carbocycles. The molecule has 2 saturated carbocycles. The second-order valence-electron chi connectivity index (χ2n) is 6.58. The molecule has 19 heavy (non-hydrogen) atoms. The Bertz CT molecular complexity index is 388. The van der Waals surface area contributed by atoms with Gasteiger partial charge in [-0.1, -0.05) is 37.6 Å². The first-order valence-electron chi connectivity index (χ1n) is 8.13. The van der Waals surface area contributed by atoms with Crippen molar-refractivity contribution in [2.45, 2.75) is 64.5 Å². The van der Waals surface area contributed by atoms with Gasteiger partial charge < -0.3 is 5.32 Å². The number of hydrogen-bond acceptors (Lipinski definition) is 1. The lowest BCUT2D eigenvalue weighted by Crippen LogP contribution is -2.35. The molecule has 2 fully saturated rings. The molecule has 1 aromatic rings. The number of benzene rings is 1. The summed E-state index contributed by atoms with van der Waals surface area (Å²) in [6, 6.07) is 10.5. The summed E-state index contributed by atoms with van der Waals surface area (Å²) in [5.41, 5.74) is 2.92. The molecule has 0 radical (unpaired) electrons. The molecule has 0 saturated heterocycles. The number of hydrogen-bond donors (Lipinski definition) is 1. The average molecular weight is 257 g/mol. The van der Waals surface area contributed by atoms with E-state index in [2.05, 4.69) is 43.4 Å². The van der Waals surface area contributed by atoms with Crippen LogP contribution in [0.25, 0.3) is 0 Å². The van der Waals surface area contributed by atoms with Crippen molar-refractivity contribution in [3.05, 3.63) is 35.4 Å². The zero-order valence-corrected chi connectivity index (χ0v) is 12.4. The maximum absolute atomic E-state index is 3.91. The first-order chi connectivity index (χ1) is 9.28. The molecular weight excluding hydrogens is 230 g/mol. The highest BCUT2D eigenvalue weighted by atomic mass is 15.0. The first kappa shape index (κ1) is 13.2. The predicted octanol–water partition coefficient (Wildman–Crippen LogP) is 4.48. The highest BCUT2D eigenvalue weighted by molar-refractivity contribution is 5.25. The molecule has 0 heterocycles. The summed E-state index contributed by atoms with van der Waals surface area (Å²) in [5, 5.41) is 3.91. The van der Waals surface area contributed by atoms with E-state index in [9.17, 15) is 0 Å². The first-order valence-corrected chi connectivity index (χ1v) is 8.13. The van der Waals surface area contributed by atoms with Gasteiger partial charge in [-0.2, -0.15) is 0 Å². The van der Waals surface area contributed by atoms with Crippen LogP contribution in [0.3, 0.4) is 0 Å². The van der Waals surface area contributed by atoms with E-state index in [0.717, 1.165) is 17.9 Å². The van der Waals surface area contributed by atoms with Crippen molar-refractivity contribution < 1.29 is 0 Å². The van der Waals surface area contributed by atoms with Gasteiger partial charge in [-0.25, -0.2) is 0 Å². The maximum atomic E-state index is 3.91. The van der Waals surface area contributed by atoms with E-state index in [1.165, 1.54) is 49.7 Å². The fraction of sp³-hybridized carbons (Fsp3) is 0.667. The van der Waals surface area contributed by atoms with Crippen molar-refractivity contribution in [3.8, 4) is 0 Å². The van der Waals surface area contributed by atoms with Gasteiger partial charge in [0.15, 0.2) is 0 Å². The molecule has 0 amide bonds. The summed E-state index contributed by atoms with van der Waals surface area (Å²) < 4.78 is 0. The molecule has 0 aliphatic heterocycles. The molecule has 1 N–H and O–H groups in total. The molecule has 2 aliphatic rings. The largest absolute Gasteiger partial charge is 0.307 e. The van der Waals surface area contributed by atoms with Crippen LogP contribution in [0.1, 0.15) is 63.1 Å².